The van der Waals surface area contributed by atoms with Crippen LogP contribution in [0.2, 0.25) is 0 Å². The molecule has 0 aromatic rings. The molecule has 0 aliphatic carbocycles. The molecule has 0 spiro atoms. The minimum atomic E-state index is -4.75. The number of aliphatic hydroxyl groups excluding tert-OH is 1. The van der Waals surface area contributed by atoms with Crippen molar-refractivity contribution in [1.29, 1.82) is 0 Å². The van der Waals surface area contributed by atoms with E-state index in [1.165, 1.54) is 89.9 Å². The Morgan fingerprint density at radius 1 is 0.439 bits per heavy atom. The predicted octanol–water partition coefficient (Wildman–Crippen LogP) is 14.8. The van der Waals surface area contributed by atoms with Crippen LogP contribution in [0.5, 0.6) is 0 Å². The number of allylic oxidation sites excluding steroid dienone is 10. The van der Waals surface area contributed by atoms with Gasteiger partial charge in [-0.25, -0.2) is 4.57 Å². The van der Waals surface area contributed by atoms with Gasteiger partial charge in [0.25, 0.3) is 0 Å². The van der Waals surface area contributed by atoms with Gasteiger partial charge in [-0.1, -0.05) is 210 Å². The number of ether oxygens (including phenoxy) is 3. The molecule has 0 rings (SSSR count). The van der Waals surface area contributed by atoms with Gasteiger partial charge in [-0.05, 0) is 57.8 Å². The van der Waals surface area contributed by atoms with Gasteiger partial charge in [-0.2, -0.15) is 0 Å². The number of rotatable bonds is 48. The Morgan fingerprint density at radius 2 is 0.788 bits per heavy atom. The summed E-state index contributed by atoms with van der Waals surface area (Å²) < 4.78 is 39.3. The lowest BCUT2D eigenvalue weighted by Gasteiger charge is -2.21. The molecule has 0 radical (unpaired) electrons. The third kappa shape index (κ3) is 46.3. The van der Waals surface area contributed by atoms with Crippen LogP contribution in [-0.2, 0) is 42.2 Å². The highest BCUT2D eigenvalue weighted by molar-refractivity contribution is 7.47. The fourth-order valence-corrected chi connectivity index (χ4v) is 7.76. The summed E-state index contributed by atoms with van der Waals surface area (Å²) in [6.45, 7) is 4.44. The van der Waals surface area contributed by atoms with Crippen LogP contribution in [0.3, 0.4) is 0 Å². The monoisotopic (exact) mass is 951 g/mol. The first-order valence-corrected chi connectivity index (χ1v) is 27.7. The number of phosphoric ester groups is 1. The molecule has 66 heavy (non-hydrogen) atoms. The molecular formula is C54H95O11P. The van der Waals surface area contributed by atoms with E-state index in [4.69, 9.17) is 23.3 Å². The lowest BCUT2D eigenvalue weighted by atomic mass is 10.1. The zero-order chi connectivity index (χ0) is 48.4. The molecule has 0 aromatic heterocycles. The van der Waals surface area contributed by atoms with Crippen molar-refractivity contribution >= 4 is 25.7 Å². The van der Waals surface area contributed by atoms with Gasteiger partial charge in [0, 0.05) is 19.3 Å². The van der Waals surface area contributed by atoms with E-state index in [2.05, 4.69) is 75.5 Å². The molecule has 0 aliphatic rings. The molecule has 382 valence electrons. The lowest BCUT2D eigenvalue weighted by Crippen LogP contribution is -2.30. The van der Waals surface area contributed by atoms with E-state index in [0.29, 0.717) is 25.7 Å². The maximum atomic E-state index is 12.8. The maximum Gasteiger partial charge on any atom is 0.472 e. The van der Waals surface area contributed by atoms with Gasteiger partial charge in [0.15, 0.2) is 6.10 Å². The average Bonchev–Trinajstić information content (AvgIpc) is 3.30. The number of carbonyl (C=O) groups is 3. The van der Waals surface area contributed by atoms with Crippen molar-refractivity contribution in [3.05, 3.63) is 60.8 Å². The first kappa shape index (κ1) is 63.2. The summed E-state index contributed by atoms with van der Waals surface area (Å²) in [5, 5.41) is 9.76. The Balaban J connectivity index is 4.79. The second kappa shape index (κ2) is 48.6. The van der Waals surface area contributed by atoms with E-state index >= 15 is 0 Å². The molecule has 11 nitrogen and oxygen atoms in total. The second-order valence-electron chi connectivity index (χ2n) is 17.3. The van der Waals surface area contributed by atoms with Crippen LogP contribution in [0.15, 0.2) is 60.8 Å². The van der Waals surface area contributed by atoms with Crippen molar-refractivity contribution < 1.29 is 52.2 Å². The Morgan fingerprint density at radius 3 is 1.20 bits per heavy atom. The number of hydrogen-bond donors (Lipinski definition) is 2. The SMILES string of the molecule is CC/C=C\C/C=C\C/C=C\C/C=C\C/C=C\CCCC(=O)OCC(COP(=O)(O)OCC(CO)OC(=O)CCCCCCCCCCCCC)OC(=O)CCCCCCCCCCCCC. The van der Waals surface area contributed by atoms with Gasteiger partial charge in [0.05, 0.1) is 19.8 Å². The van der Waals surface area contributed by atoms with Crippen LogP contribution in [0.25, 0.3) is 0 Å². The Bertz CT molecular complexity index is 1340. The highest BCUT2D eigenvalue weighted by atomic mass is 31.2. The van der Waals surface area contributed by atoms with E-state index in [1.54, 1.807) is 0 Å². The van der Waals surface area contributed by atoms with Crippen LogP contribution < -0.4 is 0 Å². The van der Waals surface area contributed by atoms with Crippen LogP contribution in [-0.4, -0.2) is 66.5 Å². The van der Waals surface area contributed by atoms with Crippen molar-refractivity contribution in [2.75, 3.05) is 26.4 Å². The van der Waals surface area contributed by atoms with Crippen molar-refractivity contribution in [2.45, 2.75) is 238 Å². The number of carbonyl (C=O) groups excluding carboxylic acids is 3. The molecule has 0 bridgehead atoms. The van der Waals surface area contributed by atoms with E-state index in [0.717, 1.165) is 70.6 Å². The number of phosphoric acid groups is 1. The minimum absolute atomic E-state index is 0.150. The van der Waals surface area contributed by atoms with Crippen LogP contribution in [0, 0.1) is 0 Å². The zero-order valence-electron chi connectivity index (χ0n) is 41.9. The molecular weight excluding hydrogens is 856 g/mol. The molecule has 0 heterocycles. The summed E-state index contributed by atoms with van der Waals surface area (Å²) in [6, 6.07) is 0. The first-order chi connectivity index (χ1) is 32.2. The Kier molecular flexibility index (Phi) is 46.6. The summed E-state index contributed by atoms with van der Waals surface area (Å²) in [5.74, 6) is -1.53. The second-order valence-corrected chi connectivity index (χ2v) is 18.8. The fraction of sp³-hybridized carbons (Fsp3) is 0.759. The third-order valence-electron chi connectivity index (χ3n) is 11.0. The molecule has 3 unspecified atom stereocenters. The van der Waals surface area contributed by atoms with Gasteiger partial charge in [0.2, 0.25) is 0 Å². The number of hydrogen-bond acceptors (Lipinski definition) is 10. The van der Waals surface area contributed by atoms with Crippen molar-refractivity contribution in [1.82, 2.24) is 0 Å². The summed E-state index contributed by atoms with van der Waals surface area (Å²) in [4.78, 5) is 48.2. The van der Waals surface area contributed by atoms with E-state index in [9.17, 15) is 28.9 Å². The van der Waals surface area contributed by atoms with Crippen molar-refractivity contribution in [3.63, 3.8) is 0 Å². The zero-order valence-corrected chi connectivity index (χ0v) is 42.8. The molecule has 0 fully saturated rings. The van der Waals surface area contributed by atoms with Crippen LogP contribution >= 0.6 is 7.82 Å². The Hall–Kier alpha value is -2.82. The molecule has 0 aliphatic heterocycles. The highest BCUT2D eigenvalue weighted by Gasteiger charge is 2.28. The quantitative estimate of drug-likeness (QED) is 0.0197. The molecule has 0 aromatic carbocycles. The molecule has 2 N–H and O–H groups in total. The number of aliphatic hydroxyl groups is 1. The molecule has 0 amide bonds. The fourth-order valence-electron chi connectivity index (χ4n) is 6.98. The van der Waals surface area contributed by atoms with Crippen molar-refractivity contribution in [3.8, 4) is 0 Å². The third-order valence-corrected chi connectivity index (χ3v) is 11.9. The largest absolute Gasteiger partial charge is 0.472 e. The van der Waals surface area contributed by atoms with Crippen LogP contribution in [0.4, 0.5) is 0 Å². The molecule has 0 saturated carbocycles. The number of unbranched alkanes of at least 4 members (excludes halogenated alkanes) is 21. The number of esters is 3. The Labute approximate surface area is 402 Å². The minimum Gasteiger partial charge on any atom is -0.462 e. The standard InChI is InChI=1S/C54H95O11P/c1-4-7-10-13-16-19-22-23-24-25-26-27-30-31-34-37-40-43-52(56)61-47-51(65-54(58)45-42-39-36-33-29-21-18-15-12-9-6-3)49-63-66(59,60)62-48-50(46-55)64-53(57)44-41-38-35-32-28-20-17-14-11-8-5-2/h7,10,16,19,23-24,26-27,31,34,50-51,55H,4-6,8-9,11-15,17-18,20-22,25,28-30,32-33,35-49H2,1-3H3,(H,59,60)/b10-7-,19-16-,24-23-,27-26-,34-31-. The predicted molar refractivity (Wildman–Crippen MR) is 270 cm³/mol. The smallest absolute Gasteiger partial charge is 0.462 e. The molecule has 3 atom stereocenters. The van der Waals surface area contributed by atoms with E-state index in [1.807, 2.05) is 6.08 Å². The van der Waals surface area contributed by atoms with Gasteiger partial charge >= 0.3 is 25.7 Å². The van der Waals surface area contributed by atoms with E-state index < -0.39 is 57.8 Å². The van der Waals surface area contributed by atoms with E-state index in [-0.39, 0.29) is 25.9 Å². The molecule has 0 saturated heterocycles. The van der Waals surface area contributed by atoms with Gasteiger partial charge in [0.1, 0.15) is 12.7 Å². The maximum absolute atomic E-state index is 12.8. The van der Waals surface area contributed by atoms with Gasteiger partial charge in [-0.3, -0.25) is 23.4 Å². The topological polar surface area (TPSA) is 155 Å². The first-order valence-electron chi connectivity index (χ1n) is 26.2. The normalized spacial score (nSPS) is 14.0. The summed E-state index contributed by atoms with van der Waals surface area (Å²) in [6.07, 6.45) is 50.6. The summed E-state index contributed by atoms with van der Waals surface area (Å²) >= 11 is 0. The summed E-state index contributed by atoms with van der Waals surface area (Å²) in [7, 11) is -4.75. The van der Waals surface area contributed by atoms with Gasteiger partial charge in [-0.15, -0.1) is 0 Å². The highest BCUT2D eigenvalue weighted by Crippen LogP contribution is 2.43. The lowest BCUT2D eigenvalue weighted by molar-refractivity contribution is -0.161. The molecule has 12 heteroatoms. The van der Waals surface area contributed by atoms with Crippen LogP contribution in [0.1, 0.15) is 226 Å². The average molecular weight is 951 g/mol. The van der Waals surface area contributed by atoms with Gasteiger partial charge < -0.3 is 24.2 Å². The summed E-state index contributed by atoms with van der Waals surface area (Å²) in [5.41, 5.74) is 0. The van der Waals surface area contributed by atoms with Crippen molar-refractivity contribution in [2.24, 2.45) is 0 Å².